The van der Waals surface area contributed by atoms with Crippen LogP contribution in [0.25, 0.3) is 5.52 Å². The van der Waals surface area contributed by atoms with Crippen molar-refractivity contribution in [2.24, 2.45) is 0 Å². The maximum Gasteiger partial charge on any atom is 0.117 e. The van der Waals surface area contributed by atoms with Gasteiger partial charge < -0.3 is 0 Å². The summed E-state index contributed by atoms with van der Waals surface area (Å²) in [5.41, 5.74) is 2.18. The molecule has 0 aromatic carbocycles. The molecule has 0 fully saturated rings. The van der Waals surface area contributed by atoms with Crippen molar-refractivity contribution in [3.63, 3.8) is 0 Å². The maximum atomic E-state index is 4.46. The average Bonchev–Trinajstić information content (AvgIpc) is 2.63. The Kier molecular flexibility index (Phi) is 2.00. The summed E-state index contributed by atoms with van der Waals surface area (Å²) in [6.07, 6.45) is 4.67. The van der Waals surface area contributed by atoms with Gasteiger partial charge in [0, 0.05) is 0 Å². The highest BCUT2D eigenvalue weighted by molar-refractivity contribution is 5.43. The van der Waals surface area contributed by atoms with Crippen molar-refractivity contribution in [2.45, 2.75) is 26.2 Å². The van der Waals surface area contributed by atoms with Gasteiger partial charge in [0.05, 0.1) is 17.4 Å². The van der Waals surface area contributed by atoms with Crippen LogP contribution in [0.2, 0.25) is 0 Å². The zero-order valence-electron chi connectivity index (χ0n) is 7.94. The average molecular weight is 175 g/mol. The highest BCUT2D eigenvalue weighted by Gasteiger charge is 2.04. The molecule has 0 radical (unpaired) electrons. The Morgan fingerprint density at radius 2 is 2.31 bits per heavy atom. The summed E-state index contributed by atoms with van der Waals surface area (Å²) in [5.74, 6) is 0.520. The van der Waals surface area contributed by atoms with Crippen molar-refractivity contribution in [3.05, 3.63) is 30.4 Å². The minimum Gasteiger partial charge on any atom is -0.243 e. The highest BCUT2D eigenvalue weighted by atomic mass is 15.2. The zero-order valence-corrected chi connectivity index (χ0v) is 7.94. The van der Waals surface area contributed by atoms with Gasteiger partial charge in [0.25, 0.3) is 0 Å². The number of hydrogen-bond donors (Lipinski definition) is 0. The van der Waals surface area contributed by atoms with Crippen molar-refractivity contribution in [2.75, 3.05) is 0 Å². The van der Waals surface area contributed by atoms with E-state index in [4.69, 9.17) is 0 Å². The van der Waals surface area contributed by atoms with Gasteiger partial charge in [-0.2, -0.15) is 5.10 Å². The van der Waals surface area contributed by atoms with Crippen molar-refractivity contribution in [1.82, 2.24) is 14.6 Å². The third-order valence-corrected chi connectivity index (χ3v) is 2.41. The Bertz CT molecular complexity index is 405. The van der Waals surface area contributed by atoms with Crippen LogP contribution in [0.5, 0.6) is 0 Å². The number of aromatic nitrogens is 3. The van der Waals surface area contributed by atoms with Gasteiger partial charge in [-0.05, 0) is 24.5 Å². The Hall–Kier alpha value is -1.38. The van der Waals surface area contributed by atoms with Crippen molar-refractivity contribution < 1.29 is 0 Å². The lowest BCUT2D eigenvalue weighted by Gasteiger charge is -2.06. The van der Waals surface area contributed by atoms with Gasteiger partial charge in [0.1, 0.15) is 6.33 Å². The molecule has 0 aliphatic heterocycles. The topological polar surface area (TPSA) is 30.2 Å². The number of fused-ring (bicyclic) bond motifs is 1. The van der Waals surface area contributed by atoms with Gasteiger partial charge in [0.15, 0.2) is 0 Å². The van der Waals surface area contributed by atoms with Crippen LogP contribution >= 0.6 is 0 Å². The highest BCUT2D eigenvalue weighted by Crippen LogP contribution is 2.15. The molecule has 2 aromatic heterocycles. The first-order chi connectivity index (χ1) is 6.31. The molecule has 1 unspecified atom stereocenters. The molecule has 3 nitrogen and oxygen atoms in total. The minimum atomic E-state index is 0.520. The van der Waals surface area contributed by atoms with Gasteiger partial charge in [-0.3, -0.25) is 0 Å². The number of imidazole rings is 1. The van der Waals surface area contributed by atoms with E-state index in [1.54, 1.807) is 6.33 Å². The van der Waals surface area contributed by atoms with Crippen LogP contribution in [0, 0.1) is 0 Å². The Labute approximate surface area is 77.4 Å². The summed E-state index contributed by atoms with van der Waals surface area (Å²) in [7, 11) is 0. The summed E-state index contributed by atoms with van der Waals surface area (Å²) in [5, 5.41) is 4.46. The van der Waals surface area contributed by atoms with Crippen LogP contribution in [0.1, 0.15) is 31.9 Å². The summed E-state index contributed by atoms with van der Waals surface area (Å²) >= 11 is 0. The van der Waals surface area contributed by atoms with E-state index in [-0.39, 0.29) is 0 Å². The fraction of sp³-hybridized carbons (Fsp3) is 0.400. The fourth-order valence-electron chi connectivity index (χ4n) is 1.30. The summed E-state index contributed by atoms with van der Waals surface area (Å²) in [4.78, 5) is 4.03. The van der Waals surface area contributed by atoms with Crippen LogP contribution < -0.4 is 0 Å². The van der Waals surface area contributed by atoms with E-state index in [0.717, 1.165) is 17.6 Å². The Morgan fingerprint density at radius 1 is 1.46 bits per heavy atom. The predicted molar refractivity (Wildman–Crippen MR) is 51.7 cm³/mol. The number of nitrogens with zero attached hydrogens (tertiary/aromatic N) is 3. The van der Waals surface area contributed by atoms with Gasteiger partial charge in [0.2, 0.25) is 0 Å². The molecule has 0 N–H and O–H groups in total. The monoisotopic (exact) mass is 175 g/mol. The van der Waals surface area contributed by atoms with Gasteiger partial charge in [-0.1, -0.05) is 13.8 Å². The Balaban J connectivity index is 2.48. The zero-order chi connectivity index (χ0) is 9.26. The molecule has 0 spiro atoms. The molecule has 1 atom stereocenters. The van der Waals surface area contributed by atoms with Crippen molar-refractivity contribution in [1.29, 1.82) is 0 Å². The number of hydrogen-bond acceptors (Lipinski definition) is 2. The lowest BCUT2D eigenvalue weighted by atomic mass is 10.1. The fourth-order valence-corrected chi connectivity index (χ4v) is 1.30. The van der Waals surface area contributed by atoms with Crippen LogP contribution in [0.15, 0.2) is 24.7 Å². The van der Waals surface area contributed by atoms with E-state index >= 15 is 0 Å². The van der Waals surface area contributed by atoms with Crippen molar-refractivity contribution in [3.8, 4) is 0 Å². The SMILES string of the molecule is CCC(C)c1ccc2cncn2n1. The molecule has 0 saturated carbocycles. The van der Waals surface area contributed by atoms with Gasteiger partial charge in [-0.25, -0.2) is 9.50 Å². The summed E-state index contributed by atoms with van der Waals surface area (Å²) in [6, 6.07) is 4.13. The molecule has 68 valence electrons. The molecular weight excluding hydrogens is 162 g/mol. The second kappa shape index (κ2) is 3.17. The summed E-state index contributed by atoms with van der Waals surface area (Å²) in [6.45, 7) is 4.36. The summed E-state index contributed by atoms with van der Waals surface area (Å²) < 4.78 is 1.82. The lowest BCUT2D eigenvalue weighted by Crippen LogP contribution is -1.99. The molecule has 2 rings (SSSR count). The van der Waals surface area contributed by atoms with E-state index in [1.165, 1.54) is 0 Å². The first-order valence-electron chi connectivity index (χ1n) is 4.60. The molecule has 13 heavy (non-hydrogen) atoms. The first-order valence-corrected chi connectivity index (χ1v) is 4.60. The first kappa shape index (κ1) is 8.23. The molecule has 0 bridgehead atoms. The molecule has 3 heteroatoms. The molecule has 2 aromatic rings. The predicted octanol–water partition coefficient (Wildman–Crippen LogP) is 2.24. The van der Waals surface area contributed by atoms with Crippen molar-refractivity contribution >= 4 is 5.52 Å². The van der Waals surface area contributed by atoms with E-state index in [9.17, 15) is 0 Å². The normalized spacial score (nSPS) is 13.4. The molecular formula is C10H13N3. The van der Waals surface area contributed by atoms with E-state index in [1.807, 2.05) is 10.7 Å². The van der Waals surface area contributed by atoms with Crippen LogP contribution in [0.4, 0.5) is 0 Å². The van der Waals surface area contributed by atoms with Crippen LogP contribution in [0.3, 0.4) is 0 Å². The van der Waals surface area contributed by atoms with E-state index in [0.29, 0.717) is 5.92 Å². The Morgan fingerprint density at radius 3 is 3.08 bits per heavy atom. The quantitative estimate of drug-likeness (QED) is 0.700. The molecule has 0 aliphatic carbocycles. The molecule has 2 heterocycles. The largest absolute Gasteiger partial charge is 0.243 e. The van der Waals surface area contributed by atoms with E-state index in [2.05, 4.69) is 36.1 Å². The third-order valence-electron chi connectivity index (χ3n) is 2.41. The smallest absolute Gasteiger partial charge is 0.117 e. The molecule has 0 amide bonds. The van der Waals surface area contributed by atoms with Crippen LogP contribution in [-0.2, 0) is 0 Å². The maximum absolute atomic E-state index is 4.46. The lowest BCUT2D eigenvalue weighted by molar-refractivity contribution is 0.681. The van der Waals surface area contributed by atoms with Gasteiger partial charge in [-0.15, -0.1) is 0 Å². The van der Waals surface area contributed by atoms with E-state index < -0.39 is 0 Å². The molecule has 0 aliphatic rings. The minimum absolute atomic E-state index is 0.520. The second-order valence-electron chi connectivity index (χ2n) is 3.33. The third kappa shape index (κ3) is 1.41. The molecule has 0 saturated heterocycles. The second-order valence-corrected chi connectivity index (χ2v) is 3.33. The standard InChI is InChI=1S/C10H13N3/c1-3-8(2)10-5-4-9-6-11-7-13(9)12-10/h4-8H,3H2,1-2H3. The van der Waals surface area contributed by atoms with Gasteiger partial charge >= 0.3 is 0 Å². The number of rotatable bonds is 2. The van der Waals surface area contributed by atoms with Crippen LogP contribution in [-0.4, -0.2) is 14.6 Å².